The summed E-state index contributed by atoms with van der Waals surface area (Å²) >= 11 is 1.57. The van der Waals surface area contributed by atoms with Crippen molar-refractivity contribution >= 4 is 21.4 Å². The van der Waals surface area contributed by atoms with Crippen molar-refractivity contribution in [3.05, 3.63) is 65.2 Å². The number of nitrogens with one attached hydrogen (secondary N) is 1. The maximum absolute atomic E-state index is 12.3. The quantitative estimate of drug-likeness (QED) is 0.671. The molecule has 0 saturated carbocycles. The maximum Gasteiger partial charge on any atom is 0.240 e. The van der Waals surface area contributed by atoms with E-state index in [-0.39, 0.29) is 4.90 Å². The molecule has 0 spiro atoms. The van der Waals surface area contributed by atoms with Gasteiger partial charge in [-0.05, 0) is 37.3 Å². The largest absolute Gasteiger partial charge is 0.497 e. The van der Waals surface area contributed by atoms with Gasteiger partial charge < -0.3 is 4.74 Å². The van der Waals surface area contributed by atoms with Crippen LogP contribution in [0.4, 0.5) is 0 Å². The van der Waals surface area contributed by atoms with Gasteiger partial charge in [0.25, 0.3) is 0 Å². The normalized spacial score (nSPS) is 11.5. The average molecular weight is 389 g/mol. The highest BCUT2D eigenvalue weighted by Crippen LogP contribution is 2.24. The molecule has 5 nitrogen and oxygen atoms in total. The third kappa shape index (κ3) is 4.49. The molecular formula is C19H20N2O3S2. The molecule has 0 amide bonds. The lowest BCUT2D eigenvalue weighted by atomic mass is 10.1. The van der Waals surface area contributed by atoms with Gasteiger partial charge in [0.1, 0.15) is 10.8 Å². The number of sulfonamides is 1. The van der Waals surface area contributed by atoms with Gasteiger partial charge in [0.15, 0.2) is 0 Å². The molecular weight excluding hydrogens is 368 g/mol. The Morgan fingerprint density at radius 3 is 2.62 bits per heavy atom. The van der Waals surface area contributed by atoms with Gasteiger partial charge in [-0.2, -0.15) is 0 Å². The summed E-state index contributed by atoms with van der Waals surface area (Å²) in [5.41, 5.74) is 3.15. The van der Waals surface area contributed by atoms with Crippen LogP contribution in [-0.4, -0.2) is 27.1 Å². The van der Waals surface area contributed by atoms with Gasteiger partial charge in [-0.15, -0.1) is 11.3 Å². The predicted octanol–water partition coefficient (Wildman–Crippen LogP) is 3.65. The minimum atomic E-state index is -3.54. The average Bonchev–Trinajstić information content (AvgIpc) is 3.10. The summed E-state index contributed by atoms with van der Waals surface area (Å²) in [5, 5.41) is 2.92. The number of benzene rings is 2. The fraction of sp³-hybridized carbons (Fsp3) is 0.211. The molecule has 0 aliphatic rings. The molecule has 136 valence electrons. The number of thiazole rings is 1. The first-order chi connectivity index (χ1) is 12.5. The molecule has 0 radical (unpaired) electrons. The van der Waals surface area contributed by atoms with Crippen LogP contribution in [0.5, 0.6) is 5.75 Å². The lowest BCUT2D eigenvalue weighted by molar-refractivity contribution is 0.414. The van der Waals surface area contributed by atoms with Crippen LogP contribution in [0.3, 0.4) is 0 Å². The van der Waals surface area contributed by atoms with E-state index in [1.54, 1.807) is 30.6 Å². The molecule has 3 rings (SSSR count). The highest BCUT2D eigenvalue weighted by atomic mass is 32.2. The third-order valence-corrected chi connectivity index (χ3v) is 6.28. The Bertz CT molecular complexity index is 980. The number of hydrogen-bond donors (Lipinski definition) is 1. The predicted molar refractivity (Wildman–Crippen MR) is 104 cm³/mol. The second-order valence-corrected chi connectivity index (χ2v) is 8.46. The summed E-state index contributed by atoms with van der Waals surface area (Å²) < 4.78 is 32.3. The first-order valence-electron chi connectivity index (χ1n) is 8.13. The molecule has 7 heteroatoms. The van der Waals surface area contributed by atoms with Crippen LogP contribution < -0.4 is 9.46 Å². The second kappa shape index (κ2) is 7.99. The number of nitrogens with zero attached hydrogens (tertiary/aromatic N) is 1. The van der Waals surface area contributed by atoms with Crippen LogP contribution in [0.2, 0.25) is 0 Å². The molecule has 0 fully saturated rings. The highest BCUT2D eigenvalue weighted by Gasteiger charge is 2.14. The van der Waals surface area contributed by atoms with Crippen molar-refractivity contribution in [3.63, 3.8) is 0 Å². The van der Waals surface area contributed by atoms with Crippen molar-refractivity contribution in [1.82, 2.24) is 9.71 Å². The second-order valence-electron chi connectivity index (χ2n) is 5.84. The van der Waals surface area contributed by atoms with Crippen molar-refractivity contribution in [2.24, 2.45) is 0 Å². The molecule has 2 aromatic carbocycles. The monoisotopic (exact) mass is 388 g/mol. The van der Waals surface area contributed by atoms with Gasteiger partial charge in [0.05, 0.1) is 17.7 Å². The number of hydrogen-bond acceptors (Lipinski definition) is 5. The lowest BCUT2D eigenvalue weighted by Crippen LogP contribution is -2.26. The van der Waals surface area contributed by atoms with E-state index >= 15 is 0 Å². The van der Waals surface area contributed by atoms with E-state index in [0.29, 0.717) is 18.7 Å². The third-order valence-electron chi connectivity index (χ3n) is 3.86. The minimum absolute atomic E-state index is 0.219. The Morgan fingerprint density at radius 2 is 1.92 bits per heavy atom. The Hall–Kier alpha value is -2.22. The fourth-order valence-corrected chi connectivity index (χ4v) is 4.37. The van der Waals surface area contributed by atoms with E-state index in [9.17, 15) is 8.42 Å². The van der Waals surface area contributed by atoms with Gasteiger partial charge in [0, 0.05) is 23.9 Å². The van der Waals surface area contributed by atoms with E-state index in [4.69, 9.17) is 4.74 Å². The van der Waals surface area contributed by atoms with Gasteiger partial charge in [-0.1, -0.05) is 23.8 Å². The molecule has 26 heavy (non-hydrogen) atoms. The fourth-order valence-electron chi connectivity index (χ4n) is 2.48. The van der Waals surface area contributed by atoms with E-state index in [1.807, 2.05) is 30.5 Å². The van der Waals surface area contributed by atoms with Crippen molar-refractivity contribution in [2.45, 2.75) is 18.2 Å². The van der Waals surface area contributed by atoms with Crippen LogP contribution >= 0.6 is 11.3 Å². The number of aryl methyl sites for hydroxylation is 1. The van der Waals surface area contributed by atoms with E-state index in [0.717, 1.165) is 16.3 Å². The smallest absolute Gasteiger partial charge is 0.240 e. The standard InChI is InChI=1S/C19H20N2O3S2/c1-14-4-3-5-15(12-14)19-21-16(13-25-19)10-11-20-26(22,23)18-8-6-17(24-2)7-9-18/h3-9,12-13,20H,10-11H2,1-2H3. The van der Waals surface area contributed by atoms with Crippen molar-refractivity contribution in [1.29, 1.82) is 0 Å². The highest BCUT2D eigenvalue weighted by molar-refractivity contribution is 7.89. The van der Waals surface area contributed by atoms with Gasteiger partial charge in [-0.3, -0.25) is 0 Å². The van der Waals surface area contributed by atoms with Gasteiger partial charge in [-0.25, -0.2) is 18.1 Å². The maximum atomic E-state index is 12.3. The Kier molecular flexibility index (Phi) is 5.70. The number of ether oxygens (including phenoxy) is 1. The number of rotatable bonds is 7. The first kappa shape index (κ1) is 18.6. The molecule has 1 aromatic heterocycles. The molecule has 0 bridgehead atoms. The molecule has 0 unspecified atom stereocenters. The van der Waals surface area contributed by atoms with Gasteiger partial charge in [0.2, 0.25) is 10.0 Å². The van der Waals surface area contributed by atoms with E-state index in [2.05, 4.69) is 15.8 Å². The summed E-state index contributed by atoms with van der Waals surface area (Å²) in [6.07, 6.45) is 0.539. The lowest BCUT2D eigenvalue weighted by Gasteiger charge is -2.07. The topological polar surface area (TPSA) is 68.3 Å². The summed E-state index contributed by atoms with van der Waals surface area (Å²) in [7, 11) is -1.99. The molecule has 0 saturated heterocycles. The molecule has 1 heterocycles. The Labute approximate surface area is 157 Å². The summed E-state index contributed by atoms with van der Waals surface area (Å²) in [6.45, 7) is 2.34. The van der Waals surface area contributed by atoms with E-state index < -0.39 is 10.0 Å². The van der Waals surface area contributed by atoms with Crippen LogP contribution in [0.25, 0.3) is 10.6 Å². The molecule has 0 aliphatic heterocycles. The SMILES string of the molecule is COc1ccc(S(=O)(=O)NCCc2csc(-c3cccc(C)c3)n2)cc1. The van der Waals surface area contributed by atoms with Crippen LogP contribution in [0.15, 0.2) is 58.8 Å². The van der Waals surface area contributed by atoms with Crippen LogP contribution in [0.1, 0.15) is 11.3 Å². The van der Waals surface area contributed by atoms with Crippen molar-refractivity contribution < 1.29 is 13.2 Å². The molecule has 1 N–H and O–H groups in total. The summed E-state index contributed by atoms with van der Waals surface area (Å²) in [6, 6.07) is 14.5. The van der Waals surface area contributed by atoms with Crippen LogP contribution in [-0.2, 0) is 16.4 Å². The van der Waals surface area contributed by atoms with Crippen molar-refractivity contribution in [3.8, 4) is 16.3 Å². The molecule has 0 atom stereocenters. The van der Waals surface area contributed by atoms with Crippen LogP contribution in [0, 0.1) is 6.92 Å². The molecule has 0 aliphatic carbocycles. The Balaban J connectivity index is 1.61. The zero-order valence-corrected chi connectivity index (χ0v) is 16.2. The minimum Gasteiger partial charge on any atom is -0.497 e. The summed E-state index contributed by atoms with van der Waals surface area (Å²) in [4.78, 5) is 4.82. The first-order valence-corrected chi connectivity index (χ1v) is 10.5. The molecule has 3 aromatic rings. The number of aromatic nitrogens is 1. The Morgan fingerprint density at radius 1 is 1.15 bits per heavy atom. The van der Waals surface area contributed by atoms with Crippen molar-refractivity contribution in [2.75, 3.05) is 13.7 Å². The summed E-state index contributed by atoms with van der Waals surface area (Å²) in [5.74, 6) is 0.620. The number of methoxy groups -OCH3 is 1. The zero-order chi connectivity index (χ0) is 18.6. The zero-order valence-electron chi connectivity index (χ0n) is 14.6. The van der Waals surface area contributed by atoms with Gasteiger partial charge >= 0.3 is 0 Å². The van der Waals surface area contributed by atoms with E-state index in [1.165, 1.54) is 17.7 Å².